The van der Waals surface area contributed by atoms with Crippen LogP contribution in [-0.2, 0) is 0 Å². The Morgan fingerprint density at radius 3 is 2.52 bits per heavy atom. The monoisotopic (exact) mass is 384 g/mol. The smallest absolute Gasteiger partial charge is 0.335 e. The molecule has 3 rings (SSSR count). The van der Waals surface area contributed by atoms with Crippen LogP contribution in [0.3, 0.4) is 0 Å². The van der Waals surface area contributed by atoms with Crippen molar-refractivity contribution in [3.05, 3.63) is 81.4 Å². The highest BCUT2D eigenvalue weighted by atomic mass is 35.5. The third-order valence-electron chi connectivity index (χ3n) is 4.41. The van der Waals surface area contributed by atoms with Crippen LogP contribution in [0.4, 0.5) is 10.1 Å². The van der Waals surface area contributed by atoms with E-state index in [0.717, 1.165) is 28.2 Å². The van der Waals surface area contributed by atoms with E-state index in [1.807, 2.05) is 26.8 Å². The Labute approximate surface area is 161 Å². The Bertz CT molecular complexity index is 1070. The van der Waals surface area contributed by atoms with E-state index in [0.29, 0.717) is 5.69 Å². The minimum atomic E-state index is -0.948. The van der Waals surface area contributed by atoms with Crippen molar-refractivity contribution in [2.45, 2.75) is 20.8 Å². The summed E-state index contributed by atoms with van der Waals surface area (Å²) in [6.07, 6.45) is 1.71. The summed E-state index contributed by atoms with van der Waals surface area (Å²) in [4.78, 5) is 15.5. The van der Waals surface area contributed by atoms with Crippen LogP contribution in [0, 0.1) is 26.6 Å². The SMILES string of the molecule is Cc1cc(C(=O)O)ccc1-n1c(C)cc(C=Nc2ccc(F)c(Cl)c2)c1C. The zero-order valence-corrected chi connectivity index (χ0v) is 15.9. The molecule has 1 N–H and O–H groups in total. The first-order chi connectivity index (χ1) is 12.8. The number of aryl methyl sites for hydroxylation is 2. The number of aliphatic imine (C=N–C) groups is 1. The summed E-state index contributed by atoms with van der Waals surface area (Å²) in [6, 6.07) is 11.4. The molecular formula is C21H18ClFN2O2. The molecule has 1 heterocycles. The van der Waals surface area contributed by atoms with E-state index < -0.39 is 11.8 Å². The molecule has 3 aromatic rings. The van der Waals surface area contributed by atoms with Gasteiger partial charge in [-0.1, -0.05) is 11.6 Å². The Morgan fingerprint density at radius 2 is 1.89 bits per heavy atom. The molecular weight excluding hydrogens is 367 g/mol. The van der Waals surface area contributed by atoms with E-state index in [1.54, 1.807) is 30.5 Å². The average Bonchev–Trinajstić information content (AvgIpc) is 2.90. The van der Waals surface area contributed by atoms with Crippen LogP contribution in [-0.4, -0.2) is 21.9 Å². The Kier molecular flexibility index (Phi) is 5.15. The van der Waals surface area contributed by atoms with Gasteiger partial charge in [0.15, 0.2) is 0 Å². The number of halogens is 2. The van der Waals surface area contributed by atoms with Crippen molar-refractivity contribution < 1.29 is 14.3 Å². The van der Waals surface area contributed by atoms with Gasteiger partial charge in [-0.15, -0.1) is 0 Å². The van der Waals surface area contributed by atoms with Gasteiger partial charge >= 0.3 is 5.97 Å². The molecule has 0 spiro atoms. The summed E-state index contributed by atoms with van der Waals surface area (Å²) in [7, 11) is 0. The van der Waals surface area contributed by atoms with Gasteiger partial charge in [0, 0.05) is 28.9 Å². The van der Waals surface area contributed by atoms with E-state index in [1.165, 1.54) is 12.1 Å². The normalized spacial score (nSPS) is 11.3. The lowest BCUT2D eigenvalue weighted by Gasteiger charge is -2.13. The molecule has 0 atom stereocenters. The predicted octanol–water partition coefficient (Wildman–Crippen LogP) is 5.64. The standard InChI is InChI=1S/C21H18ClFN2O2/c1-12-8-15(21(26)27)4-7-20(12)25-13(2)9-16(14(25)3)11-24-17-5-6-19(23)18(22)10-17/h4-11H,1-3H3,(H,26,27). The minimum absolute atomic E-state index is 0.0317. The minimum Gasteiger partial charge on any atom is -0.478 e. The van der Waals surface area contributed by atoms with Crippen molar-refractivity contribution in [3.63, 3.8) is 0 Å². The first-order valence-corrected chi connectivity index (χ1v) is 8.68. The number of benzene rings is 2. The molecule has 0 unspecified atom stereocenters. The molecule has 0 amide bonds. The molecule has 27 heavy (non-hydrogen) atoms. The highest BCUT2D eigenvalue weighted by Crippen LogP contribution is 2.25. The predicted molar refractivity (Wildman–Crippen MR) is 106 cm³/mol. The number of nitrogens with zero attached hydrogens (tertiary/aromatic N) is 2. The molecule has 2 aromatic carbocycles. The zero-order valence-electron chi connectivity index (χ0n) is 15.1. The summed E-state index contributed by atoms with van der Waals surface area (Å²) >= 11 is 5.79. The summed E-state index contributed by atoms with van der Waals surface area (Å²) in [6.45, 7) is 5.83. The molecule has 0 aliphatic carbocycles. The van der Waals surface area contributed by atoms with E-state index in [-0.39, 0.29) is 10.6 Å². The van der Waals surface area contributed by atoms with E-state index >= 15 is 0 Å². The van der Waals surface area contributed by atoms with Crippen molar-refractivity contribution in [1.82, 2.24) is 4.57 Å². The molecule has 0 saturated carbocycles. The van der Waals surface area contributed by atoms with Crippen molar-refractivity contribution in [3.8, 4) is 5.69 Å². The average molecular weight is 385 g/mol. The van der Waals surface area contributed by atoms with Gasteiger partial charge in [0.1, 0.15) is 5.82 Å². The second-order valence-corrected chi connectivity index (χ2v) is 6.73. The molecule has 0 saturated heterocycles. The summed E-state index contributed by atoms with van der Waals surface area (Å²) in [5.74, 6) is -1.43. The van der Waals surface area contributed by atoms with Crippen molar-refractivity contribution in [2.75, 3.05) is 0 Å². The van der Waals surface area contributed by atoms with Crippen LogP contribution in [0.2, 0.25) is 5.02 Å². The van der Waals surface area contributed by atoms with Crippen LogP contribution in [0.25, 0.3) is 5.69 Å². The van der Waals surface area contributed by atoms with Crippen molar-refractivity contribution >= 4 is 29.5 Å². The second kappa shape index (κ2) is 7.37. The van der Waals surface area contributed by atoms with E-state index in [9.17, 15) is 9.18 Å². The highest BCUT2D eigenvalue weighted by molar-refractivity contribution is 6.31. The van der Waals surface area contributed by atoms with Crippen LogP contribution in [0.15, 0.2) is 47.5 Å². The first kappa shape index (κ1) is 18.9. The number of carbonyl (C=O) groups is 1. The fourth-order valence-corrected chi connectivity index (χ4v) is 3.21. The van der Waals surface area contributed by atoms with Crippen LogP contribution >= 0.6 is 11.6 Å². The number of aromatic nitrogens is 1. The van der Waals surface area contributed by atoms with Gasteiger partial charge in [-0.25, -0.2) is 9.18 Å². The topological polar surface area (TPSA) is 54.6 Å². The Balaban J connectivity index is 1.99. The maximum Gasteiger partial charge on any atom is 0.335 e. The lowest BCUT2D eigenvalue weighted by Crippen LogP contribution is -2.04. The van der Waals surface area contributed by atoms with E-state index in [2.05, 4.69) is 9.56 Å². The fraction of sp³-hybridized carbons (Fsp3) is 0.143. The first-order valence-electron chi connectivity index (χ1n) is 8.30. The lowest BCUT2D eigenvalue weighted by molar-refractivity contribution is 0.0697. The molecule has 0 fully saturated rings. The maximum atomic E-state index is 13.3. The lowest BCUT2D eigenvalue weighted by atomic mass is 10.1. The highest BCUT2D eigenvalue weighted by Gasteiger charge is 2.13. The molecule has 0 bridgehead atoms. The van der Waals surface area contributed by atoms with Gasteiger partial charge in [0.25, 0.3) is 0 Å². The van der Waals surface area contributed by atoms with E-state index in [4.69, 9.17) is 16.7 Å². The van der Waals surface area contributed by atoms with Crippen LogP contribution < -0.4 is 0 Å². The largest absolute Gasteiger partial charge is 0.478 e. The number of hydrogen-bond donors (Lipinski definition) is 1. The number of rotatable bonds is 4. The summed E-state index contributed by atoms with van der Waals surface area (Å²) < 4.78 is 15.3. The van der Waals surface area contributed by atoms with Gasteiger partial charge in [-0.3, -0.25) is 4.99 Å². The summed E-state index contributed by atoms with van der Waals surface area (Å²) in [5, 5.41) is 9.17. The summed E-state index contributed by atoms with van der Waals surface area (Å²) in [5.41, 5.74) is 5.48. The Morgan fingerprint density at radius 1 is 1.15 bits per heavy atom. The molecule has 0 radical (unpaired) electrons. The maximum absolute atomic E-state index is 13.3. The third kappa shape index (κ3) is 3.78. The van der Waals surface area contributed by atoms with Crippen molar-refractivity contribution in [2.24, 2.45) is 4.99 Å². The quantitative estimate of drug-likeness (QED) is 0.591. The molecule has 6 heteroatoms. The Hall–Kier alpha value is -2.92. The number of hydrogen-bond acceptors (Lipinski definition) is 2. The van der Waals surface area contributed by atoms with Crippen LogP contribution in [0.5, 0.6) is 0 Å². The van der Waals surface area contributed by atoms with Gasteiger partial charge in [-0.05, 0) is 68.8 Å². The fourth-order valence-electron chi connectivity index (χ4n) is 3.04. The molecule has 138 valence electrons. The number of carboxylic acid groups (broad SMARTS) is 1. The van der Waals surface area contributed by atoms with Gasteiger partial charge in [0.05, 0.1) is 16.3 Å². The molecule has 0 aliphatic heterocycles. The number of aromatic carboxylic acids is 1. The van der Waals surface area contributed by atoms with Gasteiger partial charge in [-0.2, -0.15) is 0 Å². The van der Waals surface area contributed by atoms with Gasteiger partial charge < -0.3 is 9.67 Å². The van der Waals surface area contributed by atoms with Crippen molar-refractivity contribution in [1.29, 1.82) is 0 Å². The third-order valence-corrected chi connectivity index (χ3v) is 4.70. The van der Waals surface area contributed by atoms with Gasteiger partial charge in [0.2, 0.25) is 0 Å². The second-order valence-electron chi connectivity index (χ2n) is 6.32. The zero-order chi connectivity index (χ0) is 19.7. The molecule has 0 aliphatic rings. The molecule has 4 nitrogen and oxygen atoms in total. The molecule has 1 aromatic heterocycles. The number of carboxylic acids is 1. The van der Waals surface area contributed by atoms with Crippen LogP contribution in [0.1, 0.15) is 32.9 Å².